The lowest BCUT2D eigenvalue weighted by molar-refractivity contribution is 0.357. The highest BCUT2D eigenvalue weighted by molar-refractivity contribution is 6.89. The molecule has 156 valence electrons. The maximum absolute atomic E-state index is 4.97. The largest absolute Gasteiger partial charge is 0.256 e. The Hall–Kier alpha value is -2.19. The highest BCUT2D eigenvalue weighted by atomic mass is 28.3. The van der Waals surface area contributed by atoms with Crippen molar-refractivity contribution in [2.75, 3.05) is 0 Å². The summed E-state index contributed by atoms with van der Waals surface area (Å²) < 4.78 is 0. The van der Waals surface area contributed by atoms with E-state index in [4.69, 9.17) is 4.98 Å². The molecule has 4 rings (SSSR count). The Labute approximate surface area is 183 Å². The normalized spacial score (nSPS) is 15.3. The molecule has 30 heavy (non-hydrogen) atoms. The van der Waals surface area contributed by atoms with Crippen LogP contribution >= 0.6 is 0 Å². The number of rotatable bonds is 5. The first-order valence-corrected chi connectivity index (χ1v) is 15.1. The van der Waals surface area contributed by atoms with E-state index >= 15 is 0 Å². The van der Waals surface area contributed by atoms with Gasteiger partial charge in [-0.25, -0.2) is 0 Å². The van der Waals surface area contributed by atoms with Crippen LogP contribution in [-0.2, 0) is 6.42 Å². The molecule has 0 saturated heterocycles. The maximum atomic E-state index is 4.97. The summed E-state index contributed by atoms with van der Waals surface area (Å²) in [5.74, 6) is 0.849. The smallest absolute Gasteiger partial charge is 0.0799 e. The third kappa shape index (κ3) is 4.75. The van der Waals surface area contributed by atoms with E-state index in [0.29, 0.717) is 0 Å². The van der Waals surface area contributed by atoms with Crippen molar-refractivity contribution >= 4 is 13.3 Å². The van der Waals surface area contributed by atoms with Crippen LogP contribution in [-0.4, -0.2) is 13.1 Å². The summed E-state index contributed by atoms with van der Waals surface area (Å²) in [4.78, 5) is 4.97. The number of nitrogens with zero attached hydrogens (tertiary/aromatic N) is 1. The minimum Gasteiger partial charge on any atom is -0.256 e. The number of hydrogen-bond acceptors (Lipinski definition) is 1. The number of pyridine rings is 1. The van der Waals surface area contributed by atoms with Gasteiger partial charge in [-0.15, -0.1) is 0 Å². The average molecular weight is 414 g/mol. The fourth-order valence-corrected chi connectivity index (χ4v) is 6.50. The highest BCUT2D eigenvalue weighted by Gasteiger charge is 2.24. The van der Waals surface area contributed by atoms with Crippen LogP contribution in [0, 0.1) is 12.8 Å². The predicted molar refractivity (Wildman–Crippen MR) is 133 cm³/mol. The second kappa shape index (κ2) is 8.89. The third-order valence-corrected chi connectivity index (χ3v) is 8.72. The number of hydrogen-bond donors (Lipinski definition) is 0. The Morgan fingerprint density at radius 1 is 0.867 bits per heavy atom. The molecule has 0 spiro atoms. The molecular weight excluding hydrogens is 378 g/mol. The average Bonchev–Trinajstić information content (AvgIpc) is 2.74. The van der Waals surface area contributed by atoms with Crippen molar-refractivity contribution < 1.29 is 0 Å². The lowest BCUT2D eigenvalue weighted by atomic mass is 9.85. The standard InChI is InChI=1S/C28H35NSi/c1-21-15-16-24(18-26(21)23-13-9-6-10-14-23)27-19-25(17-22-11-7-5-8-12-22)28(20-29-27)30(2,3)4/h6,9-10,13-16,18-20,22H,5,7-8,11-12,17H2,1-4H3. The molecule has 0 aliphatic heterocycles. The van der Waals surface area contributed by atoms with Gasteiger partial charge < -0.3 is 0 Å². The van der Waals surface area contributed by atoms with Crippen LogP contribution in [0.25, 0.3) is 22.4 Å². The van der Waals surface area contributed by atoms with Crippen LogP contribution in [0.1, 0.15) is 43.2 Å². The van der Waals surface area contributed by atoms with Crippen LogP contribution in [0.15, 0.2) is 60.8 Å². The van der Waals surface area contributed by atoms with Crippen LogP contribution in [0.2, 0.25) is 19.6 Å². The lowest BCUT2D eigenvalue weighted by Crippen LogP contribution is -2.41. The van der Waals surface area contributed by atoms with Crippen molar-refractivity contribution in [1.29, 1.82) is 0 Å². The first-order valence-electron chi connectivity index (χ1n) is 11.6. The van der Waals surface area contributed by atoms with Crippen molar-refractivity contribution in [2.45, 2.75) is 65.1 Å². The lowest BCUT2D eigenvalue weighted by Gasteiger charge is -2.26. The predicted octanol–water partition coefficient (Wildman–Crippen LogP) is 7.39. The van der Waals surface area contributed by atoms with Crippen LogP contribution in [0.4, 0.5) is 0 Å². The first kappa shape index (κ1) is 21.1. The molecule has 1 nitrogen and oxygen atoms in total. The minimum absolute atomic E-state index is 0.849. The van der Waals surface area contributed by atoms with Crippen molar-refractivity contribution in [3.8, 4) is 22.4 Å². The van der Waals surface area contributed by atoms with E-state index in [1.807, 2.05) is 0 Å². The highest BCUT2D eigenvalue weighted by Crippen LogP contribution is 2.31. The molecule has 1 saturated carbocycles. The number of benzene rings is 2. The molecule has 1 fully saturated rings. The van der Waals surface area contributed by atoms with E-state index in [1.165, 1.54) is 60.8 Å². The van der Waals surface area contributed by atoms with Gasteiger partial charge in [0.15, 0.2) is 0 Å². The molecule has 0 atom stereocenters. The van der Waals surface area contributed by atoms with Gasteiger partial charge in [0, 0.05) is 11.8 Å². The van der Waals surface area contributed by atoms with Gasteiger partial charge in [-0.1, -0.05) is 94.2 Å². The van der Waals surface area contributed by atoms with Gasteiger partial charge >= 0.3 is 0 Å². The zero-order chi connectivity index (χ0) is 21.1. The van der Waals surface area contributed by atoms with Gasteiger partial charge in [-0.2, -0.15) is 0 Å². The Bertz CT molecular complexity index is 995. The van der Waals surface area contributed by atoms with Crippen molar-refractivity contribution in [1.82, 2.24) is 4.98 Å². The van der Waals surface area contributed by atoms with Crippen LogP contribution in [0.5, 0.6) is 0 Å². The number of aryl methyl sites for hydroxylation is 1. The monoisotopic (exact) mass is 413 g/mol. The maximum Gasteiger partial charge on any atom is 0.0799 e. The summed E-state index contributed by atoms with van der Waals surface area (Å²) in [5.41, 5.74) is 7.81. The molecule has 1 aromatic heterocycles. The van der Waals surface area contributed by atoms with E-state index in [0.717, 1.165) is 11.6 Å². The van der Waals surface area contributed by atoms with Crippen LogP contribution in [0.3, 0.4) is 0 Å². The van der Waals surface area contributed by atoms with Gasteiger partial charge in [0.05, 0.1) is 13.8 Å². The second-order valence-electron chi connectivity index (χ2n) is 10.1. The zero-order valence-electron chi connectivity index (χ0n) is 19.0. The first-order chi connectivity index (χ1) is 14.4. The summed E-state index contributed by atoms with van der Waals surface area (Å²) in [5, 5.41) is 1.55. The fourth-order valence-electron chi connectivity index (χ4n) is 4.91. The molecule has 0 unspecified atom stereocenters. The Morgan fingerprint density at radius 3 is 2.30 bits per heavy atom. The second-order valence-corrected chi connectivity index (χ2v) is 15.1. The fraction of sp³-hybridized carbons (Fsp3) is 0.393. The summed E-state index contributed by atoms with van der Waals surface area (Å²) in [6.45, 7) is 9.55. The molecule has 0 N–H and O–H groups in total. The van der Waals surface area contributed by atoms with E-state index < -0.39 is 8.07 Å². The molecule has 1 heterocycles. The molecule has 3 aromatic rings. The van der Waals surface area contributed by atoms with E-state index in [2.05, 4.69) is 87.4 Å². The Balaban J connectivity index is 1.73. The third-order valence-electron chi connectivity index (χ3n) is 6.65. The summed E-state index contributed by atoms with van der Waals surface area (Å²) in [6.07, 6.45) is 10.5. The number of aromatic nitrogens is 1. The van der Waals surface area contributed by atoms with Crippen LogP contribution < -0.4 is 5.19 Å². The van der Waals surface area contributed by atoms with Crippen molar-refractivity contribution in [3.05, 3.63) is 71.9 Å². The quantitative estimate of drug-likeness (QED) is 0.397. The SMILES string of the molecule is Cc1ccc(-c2cc(CC3CCCCC3)c([Si](C)(C)C)cn2)cc1-c1ccccc1. The van der Waals surface area contributed by atoms with E-state index in [1.54, 1.807) is 10.8 Å². The molecule has 0 radical (unpaired) electrons. The molecule has 0 amide bonds. The van der Waals surface area contributed by atoms with E-state index in [9.17, 15) is 0 Å². The molecule has 1 aliphatic rings. The minimum atomic E-state index is -1.42. The van der Waals surface area contributed by atoms with Crippen molar-refractivity contribution in [3.63, 3.8) is 0 Å². The molecular formula is C28H35NSi. The Morgan fingerprint density at radius 2 is 1.60 bits per heavy atom. The van der Waals surface area contributed by atoms with E-state index in [-0.39, 0.29) is 0 Å². The van der Waals surface area contributed by atoms with Crippen molar-refractivity contribution in [2.24, 2.45) is 5.92 Å². The molecule has 2 heteroatoms. The Kier molecular flexibility index (Phi) is 6.24. The molecule has 2 aromatic carbocycles. The molecule has 1 aliphatic carbocycles. The summed E-state index contributed by atoms with van der Waals surface area (Å²) in [7, 11) is -1.42. The van der Waals surface area contributed by atoms with Gasteiger partial charge in [-0.3, -0.25) is 4.98 Å². The van der Waals surface area contributed by atoms with Gasteiger partial charge in [0.2, 0.25) is 0 Å². The van der Waals surface area contributed by atoms with Gasteiger partial charge in [0.25, 0.3) is 0 Å². The van der Waals surface area contributed by atoms with Gasteiger partial charge in [-0.05, 0) is 58.8 Å². The zero-order valence-corrected chi connectivity index (χ0v) is 20.0. The summed E-state index contributed by atoms with van der Waals surface area (Å²) in [6, 6.07) is 19.9. The summed E-state index contributed by atoms with van der Waals surface area (Å²) >= 11 is 0. The van der Waals surface area contributed by atoms with Gasteiger partial charge in [0.1, 0.15) is 0 Å². The molecule has 0 bridgehead atoms. The topological polar surface area (TPSA) is 12.9 Å².